The number of benzene rings is 2. The number of hydrogen-bond donors (Lipinski definition) is 2. The van der Waals surface area contributed by atoms with E-state index in [0.717, 1.165) is 5.56 Å². The van der Waals surface area contributed by atoms with Crippen molar-refractivity contribution in [2.24, 2.45) is 10.6 Å². The molecule has 0 heterocycles. The zero-order valence-electron chi connectivity index (χ0n) is 15.2. The Balaban J connectivity index is 1.80. The molecule has 1 aliphatic carbocycles. The largest absolute Gasteiger partial charge is 0.496 e. The molecule has 0 bridgehead atoms. The molecule has 6 nitrogen and oxygen atoms in total. The third-order valence-electron chi connectivity index (χ3n) is 5.09. The molecule has 1 aliphatic rings. The normalized spacial score (nSPS) is 20.8. The number of carbonyl (C=O) groups excluding carboxylic acids is 1. The fourth-order valence-electron chi connectivity index (χ4n) is 3.47. The number of hydrogen-bond acceptors (Lipinski definition) is 4. The first-order chi connectivity index (χ1) is 12.6. The zero-order valence-corrected chi connectivity index (χ0v) is 16.8. The van der Waals surface area contributed by atoms with Crippen LogP contribution in [-0.2, 0) is 10.0 Å². The number of methoxy groups -OCH3 is 1. The van der Waals surface area contributed by atoms with Crippen LogP contribution in [0.1, 0.15) is 35.7 Å². The van der Waals surface area contributed by atoms with Crippen LogP contribution in [0.3, 0.4) is 0 Å². The van der Waals surface area contributed by atoms with Crippen molar-refractivity contribution in [1.29, 1.82) is 0 Å². The van der Waals surface area contributed by atoms with Crippen LogP contribution in [0.25, 0.3) is 0 Å². The van der Waals surface area contributed by atoms with Crippen molar-refractivity contribution in [3.8, 4) is 5.75 Å². The molecule has 0 saturated heterocycles. The van der Waals surface area contributed by atoms with Gasteiger partial charge < -0.3 is 10.1 Å². The standard InChI is InChI=1S/C19H21ClN2O4S/c1-19(2)16(11-4-7-13(8-5-11)27(21,24)25)17(19)22-18(23)14-10-12(20)6-9-15(14)26-3/h4-10,16-17H,1-3H3,(H,22,23)(H2,21,24,25). The molecule has 27 heavy (non-hydrogen) atoms. The molecule has 0 spiro atoms. The van der Waals surface area contributed by atoms with E-state index >= 15 is 0 Å². The van der Waals surface area contributed by atoms with Crippen molar-refractivity contribution in [2.45, 2.75) is 30.7 Å². The first-order valence-electron chi connectivity index (χ1n) is 8.33. The summed E-state index contributed by atoms with van der Waals surface area (Å²) in [5.74, 6) is 0.238. The maximum atomic E-state index is 12.7. The van der Waals surface area contributed by atoms with Crippen molar-refractivity contribution < 1.29 is 17.9 Å². The van der Waals surface area contributed by atoms with Gasteiger partial charge in [-0.2, -0.15) is 0 Å². The van der Waals surface area contributed by atoms with Gasteiger partial charge in [0, 0.05) is 17.0 Å². The zero-order chi connectivity index (χ0) is 20.0. The van der Waals surface area contributed by atoms with Crippen LogP contribution >= 0.6 is 11.6 Å². The number of carbonyl (C=O) groups is 1. The van der Waals surface area contributed by atoms with E-state index in [1.165, 1.54) is 19.2 Å². The predicted molar refractivity (Wildman–Crippen MR) is 104 cm³/mol. The number of amides is 1. The second kappa shape index (κ2) is 6.82. The Hall–Kier alpha value is -2.09. The first kappa shape index (κ1) is 19.7. The van der Waals surface area contributed by atoms with Crippen LogP contribution in [0.2, 0.25) is 5.02 Å². The summed E-state index contributed by atoms with van der Waals surface area (Å²) < 4.78 is 28.1. The van der Waals surface area contributed by atoms with E-state index in [2.05, 4.69) is 5.32 Å². The van der Waals surface area contributed by atoms with E-state index in [9.17, 15) is 13.2 Å². The molecular weight excluding hydrogens is 388 g/mol. The van der Waals surface area contributed by atoms with Crippen molar-refractivity contribution >= 4 is 27.5 Å². The van der Waals surface area contributed by atoms with Crippen LogP contribution in [0.4, 0.5) is 0 Å². The Morgan fingerprint density at radius 1 is 1.19 bits per heavy atom. The van der Waals surface area contributed by atoms with Crippen LogP contribution in [0.5, 0.6) is 5.75 Å². The molecule has 144 valence electrons. The highest BCUT2D eigenvalue weighted by molar-refractivity contribution is 7.89. The molecular formula is C19H21ClN2O4S. The van der Waals surface area contributed by atoms with Gasteiger partial charge in [-0.05, 0) is 41.3 Å². The van der Waals surface area contributed by atoms with Crippen LogP contribution in [0.15, 0.2) is 47.4 Å². The molecule has 0 radical (unpaired) electrons. The van der Waals surface area contributed by atoms with Gasteiger partial charge in [-0.1, -0.05) is 37.6 Å². The average Bonchev–Trinajstić information content (AvgIpc) is 3.14. The Bertz CT molecular complexity index is 987. The van der Waals surface area contributed by atoms with Gasteiger partial charge >= 0.3 is 0 Å². The molecule has 0 aliphatic heterocycles. The molecule has 3 N–H and O–H groups in total. The van der Waals surface area contributed by atoms with E-state index in [-0.39, 0.29) is 28.2 Å². The number of primary sulfonamides is 1. The van der Waals surface area contributed by atoms with Crippen molar-refractivity contribution in [3.05, 3.63) is 58.6 Å². The maximum Gasteiger partial charge on any atom is 0.255 e. The molecule has 2 unspecified atom stereocenters. The smallest absolute Gasteiger partial charge is 0.255 e. The molecule has 1 amide bonds. The summed E-state index contributed by atoms with van der Waals surface area (Å²) in [7, 11) is -2.23. The topological polar surface area (TPSA) is 98.5 Å². The fourth-order valence-corrected chi connectivity index (χ4v) is 4.16. The predicted octanol–water partition coefficient (Wildman–Crippen LogP) is 2.92. The van der Waals surface area contributed by atoms with E-state index in [1.54, 1.807) is 30.3 Å². The minimum atomic E-state index is -3.73. The summed E-state index contributed by atoms with van der Waals surface area (Å²) in [4.78, 5) is 12.8. The quantitative estimate of drug-likeness (QED) is 0.794. The van der Waals surface area contributed by atoms with Gasteiger partial charge in [0.1, 0.15) is 5.75 Å². The van der Waals surface area contributed by atoms with E-state index in [4.69, 9.17) is 21.5 Å². The SMILES string of the molecule is COc1ccc(Cl)cc1C(=O)NC1C(c2ccc(S(N)(=O)=O)cc2)C1(C)C. The maximum absolute atomic E-state index is 12.7. The van der Waals surface area contributed by atoms with E-state index < -0.39 is 10.0 Å². The Morgan fingerprint density at radius 3 is 2.37 bits per heavy atom. The van der Waals surface area contributed by atoms with Gasteiger partial charge in [-0.25, -0.2) is 13.6 Å². The second-order valence-electron chi connectivity index (χ2n) is 7.21. The lowest BCUT2D eigenvalue weighted by Gasteiger charge is -2.10. The number of nitrogens with one attached hydrogen (secondary N) is 1. The molecule has 2 atom stereocenters. The Morgan fingerprint density at radius 2 is 1.81 bits per heavy atom. The van der Waals surface area contributed by atoms with E-state index in [0.29, 0.717) is 16.3 Å². The second-order valence-corrected chi connectivity index (χ2v) is 9.21. The van der Waals surface area contributed by atoms with Gasteiger partial charge in [0.2, 0.25) is 10.0 Å². The van der Waals surface area contributed by atoms with Gasteiger partial charge in [0.05, 0.1) is 17.6 Å². The summed E-state index contributed by atoms with van der Waals surface area (Å²) in [5.41, 5.74) is 1.14. The molecule has 1 fully saturated rings. The lowest BCUT2D eigenvalue weighted by atomic mass is 10.0. The number of nitrogens with two attached hydrogens (primary N) is 1. The fraction of sp³-hybridized carbons (Fsp3) is 0.316. The summed E-state index contributed by atoms with van der Waals surface area (Å²) in [5, 5.41) is 8.63. The average molecular weight is 409 g/mol. The van der Waals surface area contributed by atoms with Gasteiger partial charge in [-0.3, -0.25) is 4.79 Å². The Labute approximate surface area is 163 Å². The van der Waals surface area contributed by atoms with Crippen molar-refractivity contribution in [2.75, 3.05) is 7.11 Å². The molecule has 0 aromatic heterocycles. The highest BCUT2D eigenvalue weighted by Crippen LogP contribution is 2.58. The van der Waals surface area contributed by atoms with Crippen molar-refractivity contribution in [1.82, 2.24) is 5.32 Å². The highest BCUT2D eigenvalue weighted by atomic mass is 35.5. The van der Waals surface area contributed by atoms with Gasteiger partial charge in [0.15, 0.2) is 0 Å². The number of ether oxygens (including phenoxy) is 1. The number of rotatable bonds is 5. The van der Waals surface area contributed by atoms with Crippen LogP contribution < -0.4 is 15.2 Å². The van der Waals surface area contributed by atoms with Crippen molar-refractivity contribution in [3.63, 3.8) is 0 Å². The van der Waals surface area contributed by atoms with Crippen LogP contribution in [0, 0.1) is 5.41 Å². The third kappa shape index (κ3) is 3.81. The summed E-state index contributed by atoms with van der Waals surface area (Å²) in [6.07, 6.45) is 0. The van der Waals surface area contributed by atoms with E-state index in [1.807, 2.05) is 13.8 Å². The molecule has 3 rings (SSSR count). The lowest BCUT2D eigenvalue weighted by Crippen LogP contribution is -2.29. The minimum absolute atomic E-state index is 0.0566. The van der Waals surface area contributed by atoms with Crippen LogP contribution in [-0.4, -0.2) is 27.5 Å². The molecule has 8 heteroatoms. The van der Waals surface area contributed by atoms with Gasteiger partial charge in [0.25, 0.3) is 5.91 Å². The highest BCUT2D eigenvalue weighted by Gasteiger charge is 2.59. The minimum Gasteiger partial charge on any atom is -0.496 e. The molecule has 2 aromatic rings. The lowest BCUT2D eigenvalue weighted by molar-refractivity contribution is 0.0943. The number of sulfonamides is 1. The summed E-state index contributed by atoms with van der Waals surface area (Å²) in [6, 6.07) is 11.2. The number of halogens is 1. The van der Waals surface area contributed by atoms with Gasteiger partial charge in [-0.15, -0.1) is 0 Å². The third-order valence-corrected chi connectivity index (χ3v) is 6.25. The summed E-state index contributed by atoms with van der Waals surface area (Å²) in [6.45, 7) is 4.09. The molecule has 2 aromatic carbocycles. The monoisotopic (exact) mass is 408 g/mol. The molecule has 1 saturated carbocycles. The summed E-state index contributed by atoms with van der Waals surface area (Å²) >= 11 is 6.01. The first-order valence-corrected chi connectivity index (χ1v) is 10.3. The Kier molecular flexibility index (Phi) is 4.96.